The van der Waals surface area contributed by atoms with Crippen LogP contribution >= 0.6 is 11.6 Å². The van der Waals surface area contributed by atoms with E-state index >= 15 is 0 Å². The Hall–Kier alpha value is -1.14. The lowest BCUT2D eigenvalue weighted by atomic mass is 10.2. The first-order valence-electron chi connectivity index (χ1n) is 4.55. The number of halogens is 1. The molecule has 7 heteroatoms. The molecule has 2 unspecified atom stereocenters. The van der Waals surface area contributed by atoms with Gasteiger partial charge in [0, 0.05) is 0 Å². The van der Waals surface area contributed by atoms with Gasteiger partial charge in [-0.2, -0.15) is 0 Å². The summed E-state index contributed by atoms with van der Waals surface area (Å²) in [6.45, 7) is 0. The van der Waals surface area contributed by atoms with E-state index in [1.165, 1.54) is 0 Å². The molecule has 1 rings (SSSR count). The lowest BCUT2D eigenvalue weighted by molar-refractivity contribution is -0.415. The number of rotatable bonds is 4. The SMILES string of the molecule is N=C/C(=C(/Cl)NC1CCCC1O)[N+](=O)[O-]. The van der Waals surface area contributed by atoms with Crippen LogP contribution in [0.1, 0.15) is 19.3 Å². The molecule has 2 atom stereocenters. The molecule has 1 aliphatic rings. The molecule has 3 N–H and O–H groups in total. The summed E-state index contributed by atoms with van der Waals surface area (Å²) in [5.41, 5.74) is -0.490. The molecule has 0 aromatic rings. The molecule has 0 radical (unpaired) electrons. The van der Waals surface area contributed by atoms with Gasteiger partial charge in [-0.25, -0.2) is 0 Å². The average molecular weight is 234 g/mol. The first-order chi connectivity index (χ1) is 7.06. The number of nitro groups is 1. The Morgan fingerprint density at radius 2 is 2.33 bits per heavy atom. The minimum absolute atomic E-state index is 0.194. The van der Waals surface area contributed by atoms with Crippen LogP contribution in [-0.2, 0) is 0 Å². The van der Waals surface area contributed by atoms with Crippen molar-refractivity contribution in [3.8, 4) is 0 Å². The molecule has 0 bridgehead atoms. The third-order valence-corrected chi connectivity index (χ3v) is 2.65. The fraction of sp³-hybridized carbons (Fsp3) is 0.625. The van der Waals surface area contributed by atoms with Crippen LogP contribution in [0.25, 0.3) is 0 Å². The molecule has 0 saturated heterocycles. The predicted octanol–water partition coefficient (Wildman–Crippen LogP) is 0.824. The number of aliphatic hydroxyl groups is 1. The highest BCUT2D eigenvalue weighted by Crippen LogP contribution is 2.21. The molecule has 6 nitrogen and oxygen atoms in total. The van der Waals surface area contributed by atoms with Crippen molar-refractivity contribution >= 4 is 17.8 Å². The van der Waals surface area contributed by atoms with Gasteiger partial charge in [0.05, 0.1) is 23.3 Å². The lowest BCUT2D eigenvalue weighted by Gasteiger charge is -2.16. The van der Waals surface area contributed by atoms with Crippen LogP contribution in [0.15, 0.2) is 10.9 Å². The van der Waals surface area contributed by atoms with Crippen molar-refractivity contribution in [2.24, 2.45) is 0 Å². The Kier molecular flexibility index (Phi) is 4.05. The van der Waals surface area contributed by atoms with Gasteiger partial charge in [-0.15, -0.1) is 0 Å². The Labute approximate surface area is 91.6 Å². The summed E-state index contributed by atoms with van der Waals surface area (Å²) in [7, 11) is 0. The van der Waals surface area contributed by atoms with Crippen molar-refractivity contribution < 1.29 is 10.0 Å². The largest absolute Gasteiger partial charge is 0.391 e. The number of allylic oxidation sites excluding steroid dienone is 1. The molecule has 0 aromatic carbocycles. The average Bonchev–Trinajstić information content (AvgIpc) is 2.52. The van der Waals surface area contributed by atoms with E-state index in [2.05, 4.69) is 5.32 Å². The Morgan fingerprint density at radius 3 is 2.73 bits per heavy atom. The number of hydrogen-bond donors (Lipinski definition) is 3. The number of nitrogens with zero attached hydrogens (tertiary/aromatic N) is 1. The van der Waals surface area contributed by atoms with E-state index in [-0.39, 0.29) is 11.2 Å². The van der Waals surface area contributed by atoms with Gasteiger partial charge < -0.3 is 15.8 Å². The molecule has 1 saturated carbocycles. The Bertz CT molecular complexity index is 306. The van der Waals surface area contributed by atoms with Gasteiger partial charge in [0.1, 0.15) is 0 Å². The maximum absolute atomic E-state index is 10.4. The summed E-state index contributed by atoms with van der Waals surface area (Å²) < 4.78 is 0. The van der Waals surface area contributed by atoms with Crippen molar-refractivity contribution in [3.63, 3.8) is 0 Å². The fourth-order valence-corrected chi connectivity index (χ4v) is 1.81. The predicted molar refractivity (Wildman–Crippen MR) is 55.4 cm³/mol. The molecule has 84 valence electrons. The second kappa shape index (κ2) is 5.09. The summed E-state index contributed by atoms with van der Waals surface area (Å²) in [6, 6.07) is -0.257. The number of aliphatic hydroxyl groups excluding tert-OH is 1. The topological polar surface area (TPSA) is 99.2 Å². The second-order valence-corrected chi connectivity index (χ2v) is 3.73. The molecule has 1 aliphatic carbocycles. The minimum atomic E-state index is -0.732. The maximum atomic E-state index is 10.4. The van der Waals surface area contributed by atoms with Crippen molar-refractivity contribution in [2.75, 3.05) is 0 Å². The monoisotopic (exact) mass is 233 g/mol. The summed E-state index contributed by atoms with van der Waals surface area (Å²) in [6.07, 6.45) is 2.30. The van der Waals surface area contributed by atoms with Crippen LogP contribution in [0.2, 0.25) is 0 Å². The third-order valence-electron chi connectivity index (χ3n) is 2.35. The highest BCUT2D eigenvalue weighted by atomic mass is 35.5. The van der Waals surface area contributed by atoms with E-state index in [1.807, 2.05) is 0 Å². The maximum Gasteiger partial charge on any atom is 0.321 e. The van der Waals surface area contributed by atoms with E-state index in [1.54, 1.807) is 0 Å². The van der Waals surface area contributed by atoms with E-state index in [9.17, 15) is 15.2 Å². The van der Waals surface area contributed by atoms with E-state index < -0.39 is 16.7 Å². The molecule has 0 spiro atoms. The molecule has 0 aromatic heterocycles. The van der Waals surface area contributed by atoms with E-state index in [0.717, 1.165) is 12.8 Å². The zero-order valence-corrected chi connectivity index (χ0v) is 8.70. The van der Waals surface area contributed by atoms with Crippen molar-refractivity contribution in [1.29, 1.82) is 5.41 Å². The molecule has 0 amide bonds. The van der Waals surface area contributed by atoms with Gasteiger partial charge in [-0.1, -0.05) is 11.6 Å². The van der Waals surface area contributed by atoms with Crippen molar-refractivity contribution in [1.82, 2.24) is 5.32 Å². The van der Waals surface area contributed by atoms with Gasteiger partial charge in [0.15, 0.2) is 5.16 Å². The van der Waals surface area contributed by atoms with Crippen LogP contribution in [0.4, 0.5) is 0 Å². The van der Waals surface area contributed by atoms with Crippen molar-refractivity contribution in [2.45, 2.75) is 31.4 Å². The molecular weight excluding hydrogens is 222 g/mol. The van der Waals surface area contributed by atoms with Gasteiger partial charge in [-0.05, 0) is 19.3 Å². The van der Waals surface area contributed by atoms with Gasteiger partial charge in [0.25, 0.3) is 0 Å². The standard InChI is InChI=1S/C8H12ClN3O3/c9-8(6(4-10)12(14)15)11-5-2-1-3-7(5)13/h4-5,7,10-11,13H,1-3H2/b8-6+,10-4?. The Morgan fingerprint density at radius 1 is 1.67 bits per heavy atom. The van der Waals surface area contributed by atoms with Gasteiger partial charge >= 0.3 is 5.70 Å². The fourth-order valence-electron chi connectivity index (χ4n) is 1.54. The molecule has 1 fully saturated rings. The molecular formula is C8H12ClN3O3. The highest BCUT2D eigenvalue weighted by Gasteiger charge is 2.27. The van der Waals surface area contributed by atoms with Gasteiger partial charge in [0.2, 0.25) is 0 Å². The summed E-state index contributed by atoms with van der Waals surface area (Å²) >= 11 is 5.65. The van der Waals surface area contributed by atoms with Crippen LogP contribution in [0, 0.1) is 15.5 Å². The third kappa shape index (κ3) is 2.90. The summed E-state index contributed by atoms with van der Waals surface area (Å²) in [4.78, 5) is 9.70. The van der Waals surface area contributed by atoms with Gasteiger partial charge in [-0.3, -0.25) is 10.1 Å². The zero-order chi connectivity index (χ0) is 11.4. The second-order valence-electron chi connectivity index (χ2n) is 3.35. The quantitative estimate of drug-likeness (QED) is 0.290. The van der Waals surface area contributed by atoms with Crippen LogP contribution in [0.5, 0.6) is 0 Å². The lowest BCUT2D eigenvalue weighted by Crippen LogP contribution is -2.34. The minimum Gasteiger partial charge on any atom is -0.391 e. The highest BCUT2D eigenvalue weighted by molar-refractivity contribution is 6.30. The first-order valence-corrected chi connectivity index (χ1v) is 4.93. The molecule has 15 heavy (non-hydrogen) atoms. The summed E-state index contributed by atoms with van der Waals surface area (Å²) in [5.74, 6) is 0. The van der Waals surface area contributed by atoms with Crippen LogP contribution < -0.4 is 5.32 Å². The van der Waals surface area contributed by atoms with Crippen molar-refractivity contribution in [3.05, 3.63) is 21.0 Å². The van der Waals surface area contributed by atoms with E-state index in [4.69, 9.17) is 17.0 Å². The van der Waals surface area contributed by atoms with Crippen LogP contribution in [0.3, 0.4) is 0 Å². The first kappa shape index (κ1) is 11.9. The molecule has 0 aliphatic heterocycles. The number of nitrogens with one attached hydrogen (secondary N) is 2. The Balaban J connectivity index is 2.71. The molecule has 0 heterocycles. The summed E-state index contributed by atoms with van der Waals surface area (Å²) in [5, 5.41) is 29.2. The number of hydrogen-bond acceptors (Lipinski definition) is 5. The normalized spacial score (nSPS) is 27.1. The van der Waals surface area contributed by atoms with Crippen LogP contribution in [-0.4, -0.2) is 28.4 Å². The zero-order valence-electron chi connectivity index (χ0n) is 7.94. The smallest absolute Gasteiger partial charge is 0.321 e. The van der Waals surface area contributed by atoms with E-state index in [0.29, 0.717) is 12.6 Å².